The summed E-state index contributed by atoms with van der Waals surface area (Å²) in [4.78, 5) is 0.0717. The molecule has 0 atom stereocenters. The van der Waals surface area contributed by atoms with Crippen molar-refractivity contribution in [2.24, 2.45) is 0 Å². The first-order valence-electron chi connectivity index (χ1n) is 5.94. The fraction of sp³-hybridized carbons (Fsp3) is 0.308. The number of hydrogen-bond acceptors (Lipinski definition) is 3. The number of halogens is 2. The average Bonchev–Trinajstić information content (AvgIpc) is 2.57. The lowest BCUT2D eigenvalue weighted by Crippen LogP contribution is -2.05. The van der Waals surface area contributed by atoms with Crippen LogP contribution in [0.4, 0.5) is 0 Å². The second-order valence-electron chi connectivity index (χ2n) is 4.69. The summed E-state index contributed by atoms with van der Waals surface area (Å²) in [5, 5.41) is 4.86. The molecule has 0 spiro atoms. The van der Waals surface area contributed by atoms with Crippen molar-refractivity contribution in [1.29, 1.82) is 0 Å². The van der Waals surface area contributed by atoms with Crippen LogP contribution in [0.1, 0.15) is 22.5 Å². The van der Waals surface area contributed by atoms with Gasteiger partial charge in [-0.25, -0.2) is 8.42 Å². The van der Waals surface area contributed by atoms with E-state index in [-0.39, 0.29) is 4.90 Å². The minimum atomic E-state index is -3.80. The summed E-state index contributed by atoms with van der Waals surface area (Å²) < 4.78 is 24.7. The molecule has 1 aromatic carbocycles. The quantitative estimate of drug-likeness (QED) is 0.809. The molecule has 0 amide bonds. The second kappa shape index (κ2) is 5.39. The predicted molar refractivity (Wildman–Crippen MR) is 80.0 cm³/mol. The van der Waals surface area contributed by atoms with Gasteiger partial charge in [0, 0.05) is 15.7 Å². The zero-order valence-corrected chi connectivity index (χ0v) is 13.6. The van der Waals surface area contributed by atoms with E-state index in [9.17, 15) is 8.42 Å². The first kappa shape index (κ1) is 15.4. The monoisotopic (exact) mass is 332 g/mol. The molecule has 2 aromatic rings. The molecular formula is C13H14Cl2N2O2S. The van der Waals surface area contributed by atoms with Crippen molar-refractivity contribution >= 4 is 31.3 Å². The highest BCUT2D eigenvalue weighted by Gasteiger charge is 2.22. The molecule has 4 nitrogen and oxygen atoms in total. The predicted octanol–water partition coefficient (Wildman–Crippen LogP) is 3.44. The second-order valence-corrected chi connectivity index (χ2v) is 7.60. The highest BCUT2D eigenvalue weighted by Crippen LogP contribution is 2.25. The Morgan fingerprint density at radius 1 is 1.25 bits per heavy atom. The van der Waals surface area contributed by atoms with E-state index in [1.807, 2.05) is 25.1 Å². The summed E-state index contributed by atoms with van der Waals surface area (Å²) in [7, 11) is 1.63. The Hall–Kier alpha value is -1.04. The Morgan fingerprint density at radius 2 is 1.90 bits per heavy atom. The minimum absolute atomic E-state index is 0.0717. The molecule has 0 unspecified atom stereocenters. The molecule has 0 radical (unpaired) electrons. The van der Waals surface area contributed by atoms with Crippen LogP contribution in [0, 0.1) is 20.8 Å². The number of benzene rings is 1. The highest BCUT2D eigenvalue weighted by atomic mass is 35.7. The van der Waals surface area contributed by atoms with Crippen molar-refractivity contribution in [3.63, 3.8) is 0 Å². The van der Waals surface area contributed by atoms with E-state index >= 15 is 0 Å². The Morgan fingerprint density at radius 3 is 2.40 bits per heavy atom. The Bertz CT molecular complexity index is 767. The normalized spacial score (nSPS) is 11.8. The van der Waals surface area contributed by atoms with Gasteiger partial charge in [-0.1, -0.05) is 23.7 Å². The van der Waals surface area contributed by atoms with Crippen molar-refractivity contribution in [2.75, 3.05) is 0 Å². The molecule has 0 aliphatic heterocycles. The van der Waals surface area contributed by atoms with E-state index in [1.165, 1.54) is 0 Å². The SMILES string of the molecule is Cc1ccc(Cn2nc(C)c(S(=O)(=O)Cl)c2C)c(Cl)c1. The van der Waals surface area contributed by atoms with Crippen LogP contribution in [0.15, 0.2) is 23.1 Å². The van der Waals surface area contributed by atoms with E-state index in [2.05, 4.69) is 5.10 Å². The molecule has 108 valence electrons. The molecule has 0 aliphatic carbocycles. The van der Waals surface area contributed by atoms with E-state index < -0.39 is 9.05 Å². The average molecular weight is 333 g/mol. The molecule has 20 heavy (non-hydrogen) atoms. The van der Waals surface area contributed by atoms with Crippen LogP contribution in [-0.4, -0.2) is 18.2 Å². The Balaban J connectivity index is 2.46. The lowest BCUT2D eigenvalue weighted by molar-refractivity contribution is 0.607. The maximum absolute atomic E-state index is 11.5. The summed E-state index contributed by atoms with van der Waals surface area (Å²) in [5.41, 5.74) is 2.84. The smallest absolute Gasteiger partial charge is 0.264 e. The third-order valence-corrected chi connectivity index (χ3v) is 4.98. The molecule has 1 heterocycles. The minimum Gasteiger partial charge on any atom is -0.264 e. The largest absolute Gasteiger partial charge is 0.264 e. The van der Waals surface area contributed by atoms with Gasteiger partial charge in [0.05, 0.1) is 17.9 Å². The van der Waals surface area contributed by atoms with Crippen LogP contribution in [0.25, 0.3) is 0 Å². The van der Waals surface area contributed by atoms with Crippen molar-refractivity contribution < 1.29 is 8.42 Å². The Kier molecular flexibility index (Phi) is 4.14. The standard InChI is InChI=1S/C13H14Cl2N2O2S/c1-8-4-5-11(12(14)6-8)7-17-10(3)13(9(2)16-17)20(15,18)19/h4-6H,7H2,1-3H3. The van der Waals surface area contributed by atoms with Gasteiger partial charge in [0.15, 0.2) is 0 Å². The maximum atomic E-state index is 11.5. The molecule has 1 aromatic heterocycles. The number of hydrogen-bond donors (Lipinski definition) is 0. The molecule has 0 saturated carbocycles. The third-order valence-electron chi connectivity index (χ3n) is 3.09. The van der Waals surface area contributed by atoms with E-state index in [4.69, 9.17) is 22.3 Å². The van der Waals surface area contributed by atoms with Crippen LogP contribution in [-0.2, 0) is 15.6 Å². The first-order chi connectivity index (χ1) is 9.20. The van der Waals surface area contributed by atoms with Crippen LogP contribution < -0.4 is 0 Å². The van der Waals surface area contributed by atoms with Crippen molar-refractivity contribution in [2.45, 2.75) is 32.2 Å². The number of aryl methyl sites for hydroxylation is 2. The van der Waals surface area contributed by atoms with Gasteiger partial charge >= 0.3 is 0 Å². The highest BCUT2D eigenvalue weighted by molar-refractivity contribution is 8.13. The van der Waals surface area contributed by atoms with Gasteiger partial charge < -0.3 is 0 Å². The van der Waals surface area contributed by atoms with Crippen molar-refractivity contribution in [1.82, 2.24) is 9.78 Å². The number of aromatic nitrogens is 2. The van der Waals surface area contributed by atoms with Crippen molar-refractivity contribution in [3.05, 3.63) is 45.7 Å². The zero-order valence-electron chi connectivity index (χ0n) is 11.3. The first-order valence-corrected chi connectivity index (χ1v) is 8.62. The van der Waals surface area contributed by atoms with Crippen LogP contribution in [0.2, 0.25) is 5.02 Å². The number of rotatable bonds is 3. The molecule has 0 bridgehead atoms. The zero-order chi connectivity index (χ0) is 15.1. The fourth-order valence-corrected chi connectivity index (χ4v) is 3.95. The van der Waals surface area contributed by atoms with Gasteiger partial charge in [0.25, 0.3) is 9.05 Å². The van der Waals surface area contributed by atoms with Crippen LogP contribution in [0.5, 0.6) is 0 Å². The molecule has 7 heteroatoms. The summed E-state index contributed by atoms with van der Waals surface area (Å²) in [6.45, 7) is 5.65. The molecule has 0 N–H and O–H groups in total. The summed E-state index contributed by atoms with van der Waals surface area (Å²) in [6.07, 6.45) is 0. The topological polar surface area (TPSA) is 52.0 Å². The van der Waals surface area contributed by atoms with E-state index in [1.54, 1.807) is 18.5 Å². The lowest BCUT2D eigenvalue weighted by atomic mass is 10.1. The summed E-state index contributed by atoms with van der Waals surface area (Å²) >= 11 is 6.18. The van der Waals surface area contributed by atoms with Gasteiger partial charge in [-0.05, 0) is 38.0 Å². The van der Waals surface area contributed by atoms with Gasteiger partial charge in [0.1, 0.15) is 4.90 Å². The molecule has 0 fully saturated rings. The maximum Gasteiger partial charge on any atom is 0.264 e. The van der Waals surface area contributed by atoms with Gasteiger partial charge in [0.2, 0.25) is 0 Å². The molecule has 2 rings (SSSR count). The third kappa shape index (κ3) is 3.00. The number of nitrogens with zero attached hydrogens (tertiary/aromatic N) is 2. The summed E-state index contributed by atoms with van der Waals surface area (Å²) in [6, 6.07) is 5.72. The van der Waals surface area contributed by atoms with Gasteiger partial charge in [-0.15, -0.1) is 0 Å². The lowest BCUT2D eigenvalue weighted by Gasteiger charge is -2.07. The van der Waals surface area contributed by atoms with Crippen LogP contribution in [0.3, 0.4) is 0 Å². The van der Waals surface area contributed by atoms with Gasteiger partial charge in [-0.3, -0.25) is 4.68 Å². The summed E-state index contributed by atoms with van der Waals surface area (Å²) in [5.74, 6) is 0. The van der Waals surface area contributed by atoms with Gasteiger partial charge in [-0.2, -0.15) is 5.10 Å². The molecular weight excluding hydrogens is 319 g/mol. The fourth-order valence-electron chi connectivity index (χ4n) is 2.13. The van der Waals surface area contributed by atoms with E-state index in [0.717, 1.165) is 11.1 Å². The van der Waals surface area contributed by atoms with Crippen LogP contribution >= 0.6 is 22.3 Å². The molecule has 0 saturated heterocycles. The van der Waals surface area contributed by atoms with Crippen molar-refractivity contribution in [3.8, 4) is 0 Å². The molecule has 0 aliphatic rings. The van der Waals surface area contributed by atoms with E-state index in [0.29, 0.717) is 23.0 Å². The Labute approximate surface area is 127 Å².